The Bertz CT molecular complexity index is 1440. The molecular formula is C25H27ClFN3O3S. The van der Waals surface area contributed by atoms with Gasteiger partial charge in [0, 0.05) is 24.3 Å². The van der Waals surface area contributed by atoms with Crippen molar-refractivity contribution < 1.29 is 17.3 Å². The SMILES string of the molecule is Cc1noc(C)c1-c1ccc2c(c1)nc(C(C)Cc1ccc(Cl)c(F)c1)n2CCCS(C)(=O)=O. The van der Waals surface area contributed by atoms with E-state index in [0.29, 0.717) is 19.4 Å². The van der Waals surface area contributed by atoms with Crippen LogP contribution in [-0.2, 0) is 22.8 Å². The van der Waals surface area contributed by atoms with Gasteiger partial charge in [0.25, 0.3) is 0 Å². The Kier molecular flexibility index (Phi) is 6.82. The summed E-state index contributed by atoms with van der Waals surface area (Å²) in [6, 6.07) is 10.8. The smallest absolute Gasteiger partial charge is 0.147 e. The van der Waals surface area contributed by atoms with Crippen LogP contribution in [0.1, 0.15) is 42.1 Å². The van der Waals surface area contributed by atoms with E-state index in [2.05, 4.69) is 9.72 Å². The number of imidazole rings is 1. The molecule has 9 heteroatoms. The third-order valence-electron chi connectivity index (χ3n) is 5.96. The summed E-state index contributed by atoms with van der Waals surface area (Å²) in [4.78, 5) is 4.94. The van der Waals surface area contributed by atoms with Crippen molar-refractivity contribution in [2.75, 3.05) is 12.0 Å². The fourth-order valence-electron chi connectivity index (χ4n) is 4.41. The predicted molar refractivity (Wildman–Crippen MR) is 133 cm³/mol. The van der Waals surface area contributed by atoms with Crippen molar-refractivity contribution in [3.05, 3.63) is 70.1 Å². The van der Waals surface area contributed by atoms with Gasteiger partial charge in [0.2, 0.25) is 0 Å². The van der Waals surface area contributed by atoms with Crippen LogP contribution in [0.5, 0.6) is 0 Å². The zero-order chi connectivity index (χ0) is 24.6. The molecule has 34 heavy (non-hydrogen) atoms. The molecule has 0 spiro atoms. The quantitative estimate of drug-likeness (QED) is 0.300. The number of aromatic nitrogens is 3. The van der Waals surface area contributed by atoms with Crippen molar-refractivity contribution in [2.24, 2.45) is 0 Å². The maximum absolute atomic E-state index is 14.0. The van der Waals surface area contributed by atoms with Gasteiger partial charge in [-0.25, -0.2) is 17.8 Å². The van der Waals surface area contributed by atoms with Crippen LogP contribution >= 0.6 is 11.6 Å². The average molecular weight is 504 g/mol. The molecule has 2 aromatic carbocycles. The monoisotopic (exact) mass is 503 g/mol. The van der Waals surface area contributed by atoms with Gasteiger partial charge in [0.05, 0.1) is 27.5 Å². The third-order valence-corrected chi connectivity index (χ3v) is 7.30. The summed E-state index contributed by atoms with van der Waals surface area (Å²) in [6.45, 7) is 6.33. The number of aryl methyl sites for hydroxylation is 3. The molecule has 2 aromatic heterocycles. The van der Waals surface area contributed by atoms with E-state index in [1.807, 2.05) is 45.0 Å². The second-order valence-corrected chi connectivity index (χ2v) is 11.5. The van der Waals surface area contributed by atoms with Crippen molar-refractivity contribution in [2.45, 2.75) is 46.1 Å². The summed E-state index contributed by atoms with van der Waals surface area (Å²) in [5.74, 6) is 1.18. The molecule has 0 radical (unpaired) electrons. The number of nitrogens with zero attached hydrogens (tertiary/aromatic N) is 3. The summed E-state index contributed by atoms with van der Waals surface area (Å²) >= 11 is 5.83. The molecule has 0 fully saturated rings. The van der Waals surface area contributed by atoms with E-state index in [0.717, 1.165) is 45.0 Å². The summed E-state index contributed by atoms with van der Waals surface area (Å²) in [5.41, 5.74) is 5.26. The van der Waals surface area contributed by atoms with Crippen LogP contribution in [-0.4, -0.2) is 35.1 Å². The van der Waals surface area contributed by atoms with Crippen molar-refractivity contribution in [1.82, 2.24) is 14.7 Å². The van der Waals surface area contributed by atoms with E-state index < -0.39 is 15.7 Å². The molecule has 1 atom stereocenters. The molecule has 0 aliphatic rings. The highest BCUT2D eigenvalue weighted by atomic mass is 35.5. The standard InChI is InChI=1S/C25H27ClFN3O3S/c1-15(12-18-6-8-20(26)21(27)13-18)25-28-22-14-19(24-16(2)29-33-17(24)3)7-9-23(22)30(25)10-5-11-34(4,31)32/h6-9,13-15H,5,10-12H2,1-4H3. The minimum atomic E-state index is -3.07. The number of rotatable bonds is 8. The molecule has 4 rings (SSSR count). The number of halogens is 2. The van der Waals surface area contributed by atoms with Crippen molar-refractivity contribution in [1.29, 1.82) is 0 Å². The predicted octanol–water partition coefficient (Wildman–Crippen LogP) is 5.88. The minimum absolute atomic E-state index is 0.0336. The van der Waals surface area contributed by atoms with Crippen molar-refractivity contribution >= 4 is 32.5 Å². The highest BCUT2D eigenvalue weighted by molar-refractivity contribution is 7.90. The molecule has 180 valence electrons. The Morgan fingerprint density at radius 3 is 2.59 bits per heavy atom. The fourth-order valence-corrected chi connectivity index (χ4v) is 5.18. The van der Waals surface area contributed by atoms with E-state index in [1.54, 1.807) is 6.07 Å². The minimum Gasteiger partial charge on any atom is -0.361 e. The highest BCUT2D eigenvalue weighted by Crippen LogP contribution is 2.32. The van der Waals surface area contributed by atoms with Gasteiger partial charge >= 0.3 is 0 Å². The van der Waals surface area contributed by atoms with Crippen LogP contribution in [0, 0.1) is 19.7 Å². The van der Waals surface area contributed by atoms with Crippen LogP contribution < -0.4 is 0 Å². The molecule has 0 saturated carbocycles. The second-order valence-electron chi connectivity index (χ2n) is 8.86. The maximum atomic E-state index is 14.0. The number of hydrogen-bond acceptors (Lipinski definition) is 5. The Hall–Kier alpha value is -2.71. The number of fused-ring (bicyclic) bond motifs is 1. The summed E-state index contributed by atoms with van der Waals surface area (Å²) < 4.78 is 44.8. The van der Waals surface area contributed by atoms with Gasteiger partial charge in [-0.2, -0.15) is 0 Å². The van der Waals surface area contributed by atoms with Gasteiger partial charge in [-0.15, -0.1) is 0 Å². The lowest BCUT2D eigenvalue weighted by molar-refractivity contribution is 0.393. The molecule has 1 unspecified atom stereocenters. The van der Waals surface area contributed by atoms with Gasteiger partial charge in [0.15, 0.2) is 0 Å². The van der Waals surface area contributed by atoms with E-state index in [1.165, 1.54) is 12.3 Å². The number of hydrogen-bond donors (Lipinski definition) is 0. The normalized spacial score (nSPS) is 13.0. The Balaban J connectivity index is 1.74. The van der Waals surface area contributed by atoms with Crippen LogP contribution in [0.3, 0.4) is 0 Å². The average Bonchev–Trinajstić information content (AvgIpc) is 3.29. The molecule has 0 bridgehead atoms. The van der Waals surface area contributed by atoms with Gasteiger partial charge in [-0.05, 0) is 62.1 Å². The van der Waals surface area contributed by atoms with Crippen LogP contribution in [0.2, 0.25) is 5.02 Å². The van der Waals surface area contributed by atoms with Gasteiger partial charge in [-0.3, -0.25) is 0 Å². The Morgan fingerprint density at radius 2 is 1.94 bits per heavy atom. The third kappa shape index (κ3) is 5.18. The molecule has 0 aliphatic heterocycles. The first-order valence-electron chi connectivity index (χ1n) is 11.1. The first-order valence-corrected chi connectivity index (χ1v) is 13.5. The van der Waals surface area contributed by atoms with Crippen LogP contribution in [0.4, 0.5) is 4.39 Å². The first kappa shape index (κ1) is 24.4. The number of benzene rings is 2. The van der Waals surface area contributed by atoms with Crippen LogP contribution in [0.25, 0.3) is 22.2 Å². The molecule has 0 saturated heterocycles. The van der Waals surface area contributed by atoms with E-state index in [-0.39, 0.29) is 16.7 Å². The molecular weight excluding hydrogens is 477 g/mol. The van der Waals surface area contributed by atoms with E-state index in [4.69, 9.17) is 21.1 Å². The zero-order valence-electron chi connectivity index (χ0n) is 19.6. The molecule has 2 heterocycles. The Labute approximate surface area is 203 Å². The van der Waals surface area contributed by atoms with Crippen LogP contribution in [0.15, 0.2) is 40.9 Å². The molecule has 4 aromatic rings. The van der Waals surface area contributed by atoms with Gasteiger partial charge in [-0.1, -0.05) is 35.8 Å². The molecule has 0 N–H and O–H groups in total. The van der Waals surface area contributed by atoms with Crippen molar-refractivity contribution in [3.63, 3.8) is 0 Å². The summed E-state index contributed by atoms with van der Waals surface area (Å²) in [7, 11) is -3.07. The second kappa shape index (κ2) is 9.50. The van der Waals surface area contributed by atoms with Gasteiger partial charge < -0.3 is 9.09 Å². The lowest BCUT2D eigenvalue weighted by atomic mass is 10.00. The van der Waals surface area contributed by atoms with Crippen molar-refractivity contribution in [3.8, 4) is 11.1 Å². The lowest BCUT2D eigenvalue weighted by Crippen LogP contribution is -2.12. The fraction of sp³-hybridized carbons (Fsp3) is 0.360. The first-order chi connectivity index (χ1) is 16.0. The topological polar surface area (TPSA) is 78.0 Å². The highest BCUT2D eigenvalue weighted by Gasteiger charge is 2.20. The zero-order valence-corrected chi connectivity index (χ0v) is 21.2. The van der Waals surface area contributed by atoms with E-state index in [9.17, 15) is 12.8 Å². The van der Waals surface area contributed by atoms with E-state index >= 15 is 0 Å². The number of sulfone groups is 1. The Morgan fingerprint density at radius 1 is 1.18 bits per heavy atom. The molecule has 0 aliphatic carbocycles. The lowest BCUT2D eigenvalue weighted by Gasteiger charge is -2.15. The van der Waals surface area contributed by atoms with Gasteiger partial charge in [0.1, 0.15) is 27.2 Å². The largest absolute Gasteiger partial charge is 0.361 e. The molecule has 0 amide bonds. The summed E-state index contributed by atoms with van der Waals surface area (Å²) in [5, 5.41) is 4.14. The maximum Gasteiger partial charge on any atom is 0.147 e. The molecule has 6 nitrogen and oxygen atoms in total. The summed E-state index contributed by atoms with van der Waals surface area (Å²) in [6.07, 6.45) is 2.29.